The van der Waals surface area contributed by atoms with Gasteiger partial charge in [0.2, 0.25) is 0 Å². The van der Waals surface area contributed by atoms with Gasteiger partial charge in [-0.25, -0.2) is 0 Å². The van der Waals surface area contributed by atoms with Crippen molar-refractivity contribution in [2.24, 2.45) is 5.41 Å². The molecule has 0 aromatic carbocycles. The summed E-state index contributed by atoms with van der Waals surface area (Å²) in [6.07, 6.45) is -5.49. The van der Waals surface area contributed by atoms with E-state index in [0.29, 0.717) is 0 Å². The number of hydrogen-bond acceptors (Lipinski definition) is 3. The number of rotatable bonds is 2. The molecule has 0 aromatic heterocycles. The van der Waals surface area contributed by atoms with E-state index in [1.165, 1.54) is 0 Å². The van der Waals surface area contributed by atoms with Gasteiger partial charge in [0, 0.05) is 0 Å². The molecule has 1 N–H and O–H groups in total. The predicted molar refractivity (Wildman–Crippen MR) is 45.5 cm³/mol. The lowest BCUT2D eigenvalue weighted by molar-refractivity contribution is -0.223. The minimum Gasteiger partial charge on any atom is -0.317 e. The van der Waals surface area contributed by atoms with E-state index in [4.69, 9.17) is 0 Å². The SMILES string of the molecule is O=S(=O)(F)CC1(C(F)(F)F)CCNCC1. The Labute approximate surface area is 85.1 Å². The quantitative estimate of drug-likeness (QED) is 0.591. The molecule has 1 aliphatic heterocycles. The van der Waals surface area contributed by atoms with Crippen LogP contribution < -0.4 is 5.32 Å². The standard InChI is InChI=1S/C7H11F4NO2S/c8-7(9,10)6(5-15(11,13)14)1-3-12-4-2-6/h12H,1-5H2. The highest BCUT2D eigenvalue weighted by molar-refractivity contribution is 7.86. The van der Waals surface area contributed by atoms with Crippen LogP contribution in [-0.4, -0.2) is 33.4 Å². The van der Waals surface area contributed by atoms with Gasteiger partial charge < -0.3 is 5.32 Å². The van der Waals surface area contributed by atoms with Gasteiger partial charge in [-0.1, -0.05) is 0 Å². The highest BCUT2D eigenvalue weighted by atomic mass is 32.3. The largest absolute Gasteiger partial charge is 0.395 e. The van der Waals surface area contributed by atoms with E-state index in [0.717, 1.165) is 0 Å². The second-order valence-electron chi connectivity index (χ2n) is 3.71. The van der Waals surface area contributed by atoms with Crippen molar-refractivity contribution in [3.63, 3.8) is 0 Å². The van der Waals surface area contributed by atoms with Gasteiger partial charge in [0.05, 0.1) is 11.2 Å². The molecular formula is C7H11F4NO2S. The van der Waals surface area contributed by atoms with Gasteiger partial charge in [-0.05, 0) is 25.9 Å². The first-order valence-corrected chi connectivity index (χ1v) is 5.91. The van der Waals surface area contributed by atoms with Gasteiger partial charge in [-0.2, -0.15) is 21.6 Å². The Bertz CT molecular complexity index is 318. The molecule has 8 heteroatoms. The average Bonchev–Trinajstić information content (AvgIpc) is 2.00. The second-order valence-corrected chi connectivity index (χ2v) is 5.08. The Kier molecular flexibility index (Phi) is 3.30. The fourth-order valence-corrected chi connectivity index (χ4v) is 2.86. The van der Waals surface area contributed by atoms with Crippen LogP contribution in [0.2, 0.25) is 0 Å². The van der Waals surface area contributed by atoms with Gasteiger partial charge in [0.25, 0.3) is 0 Å². The highest BCUT2D eigenvalue weighted by Crippen LogP contribution is 2.46. The lowest BCUT2D eigenvalue weighted by atomic mass is 9.80. The number of nitrogens with one attached hydrogen (secondary N) is 1. The molecule has 1 rings (SSSR count). The third-order valence-electron chi connectivity index (χ3n) is 2.61. The molecule has 3 nitrogen and oxygen atoms in total. The topological polar surface area (TPSA) is 46.2 Å². The maximum atomic E-state index is 12.7. The van der Waals surface area contributed by atoms with Crippen LogP contribution in [0.15, 0.2) is 0 Å². The van der Waals surface area contributed by atoms with Gasteiger partial charge in [-0.3, -0.25) is 0 Å². The molecule has 90 valence electrons. The van der Waals surface area contributed by atoms with Crippen molar-refractivity contribution < 1.29 is 25.5 Å². The van der Waals surface area contributed by atoms with Crippen molar-refractivity contribution in [2.75, 3.05) is 18.8 Å². The van der Waals surface area contributed by atoms with Gasteiger partial charge in [0.15, 0.2) is 0 Å². The van der Waals surface area contributed by atoms with Crippen molar-refractivity contribution in [1.29, 1.82) is 0 Å². The molecular weight excluding hydrogens is 238 g/mol. The summed E-state index contributed by atoms with van der Waals surface area (Å²) in [7, 11) is -5.11. The molecule has 0 radical (unpaired) electrons. The summed E-state index contributed by atoms with van der Waals surface area (Å²) in [5.41, 5.74) is -2.42. The van der Waals surface area contributed by atoms with Crippen LogP contribution in [0.1, 0.15) is 12.8 Å². The van der Waals surface area contributed by atoms with E-state index in [9.17, 15) is 25.5 Å². The maximum absolute atomic E-state index is 12.7. The Morgan fingerprint density at radius 2 is 1.67 bits per heavy atom. The molecule has 0 unspecified atom stereocenters. The molecule has 0 atom stereocenters. The van der Waals surface area contributed by atoms with Crippen LogP contribution >= 0.6 is 0 Å². The van der Waals surface area contributed by atoms with Crippen LogP contribution in [-0.2, 0) is 10.2 Å². The number of hydrogen-bond donors (Lipinski definition) is 1. The molecule has 1 fully saturated rings. The van der Waals surface area contributed by atoms with Gasteiger partial charge in [-0.15, -0.1) is 3.89 Å². The molecule has 0 aromatic rings. The average molecular weight is 249 g/mol. The number of piperidine rings is 1. The normalized spacial score (nSPS) is 22.7. The summed E-state index contributed by atoms with van der Waals surface area (Å²) < 4.78 is 71.1. The summed E-state index contributed by atoms with van der Waals surface area (Å²) >= 11 is 0. The first-order valence-electron chi connectivity index (χ1n) is 4.36. The molecule has 0 spiro atoms. The smallest absolute Gasteiger partial charge is 0.317 e. The molecule has 15 heavy (non-hydrogen) atoms. The van der Waals surface area contributed by atoms with E-state index in [1.54, 1.807) is 0 Å². The number of alkyl halides is 3. The Morgan fingerprint density at radius 1 is 1.20 bits per heavy atom. The first kappa shape index (κ1) is 12.7. The summed E-state index contributed by atoms with van der Waals surface area (Å²) in [5.74, 6) is -1.47. The fourth-order valence-electron chi connectivity index (χ4n) is 1.74. The summed E-state index contributed by atoms with van der Waals surface area (Å²) in [6.45, 7) is 0.101. The Balaban J connectivity index is 2.96. The van der Waals surface area contributed by atoms with Crippen molar-refractivity contribution in [2.45, 2.75) is 19.0 Å². The summed E-state index contributed by atoms with van der Waals surface area (Å²) in [6, 6.07) is 0. The van der Waals surface area contributed by atoms with Crippen molar-refractivity contribution in [3.05, 3.63) is 0 Å². The Hall–Kier alpha value is -0.370. The first-order chi connectivity index (χ1) is 6.66. The third-order valence-corrected chi connectivity index (χ3v) is 3.51. The molecule has 1 saturated heterocycles. The van der Waals surface area contributed by atoms with E-state index in [2.05, 4.69) is 5.32 Å². The zero-order chi connectivity index (χ0) is 11.7. The van der Waals surface area contributed by atoms with Crippen LogP contribution in [0.4, 0.5) is 17.1 Å². The zero-order valence-electron chi connectivity index (χ0n) is 7.77. The van der Waals surface area contributed by atoms with Crippen LogP contribution in [0.3, 0.4) is 0 Å². The maximum Gasteiger partial charge on any atom is 0.395 e. The second kappa shape index (κ2) is 3.89. The van der Waals surface area contributed by atoms with E-state index in [1.807, 2.05) is 0 Å². The summed E-state index contributed by atoms with van der Waals surface area (Å²) in [5, 5.41) is 2.68. The van der Waals surface area contributed by atoms with Gasteiger partial charge in [0.1, 0.15) is 0 Å². The lowest BCUT2D eigenvalue weighted by Gasteiger charge is -2.37. The van der Waals surface area contributed by atoms with E-state index < -0.39 is 40.4 Å². The van der Waals surface area contributed by atoms with E-state index in [-0.39, 0.29) is 13.1 Å². The summed E-state index contributed by atoms with van der Waals surface area (Å²) in [4.78, 5) is 0. The lowest BCUT2D eigenvalue weighted by Crippen LogP contribution is -2.50. The van der Waals surface area contributed by atoms with Gasteiger partial charge >= 0.3 is 16.4 Å². The monoisotopic (exact) mass is 249 g/mol. The van der Waals surface area contributed by atoms with Crippen LogP contribution in [0, 0.1) is 5.41 Å². The highest BCUT2D eigenvalue weighted by Gasteiger charge is 2.56. The predicted octanol–water partition coefficient (Wildman–Crippen LogP) is 1.22. The van der Waals surface area contributed by atoms with Crippen LogP contribution in [0.5, 0.6) is 0 Å². The molecule has 0 amide bonds. The third kappa shape index (κ3) is 3.04. The fraction of sp³-hybridized carbons (Fsp3) is 1.00. The van der Waals surface area contributed by atoms with Crippen molar-refractivity contribution >= 4 is 10.2 Å². The molecule has 1 heterocycles. The van der Waals surface area contributed by atoms with Crippen molar-refractivity contribution in [3.8, 4) is 0 Å². The van der Waals surface area contributed by atoms with Crippen LogP contribution in [0.25, 0.3) is 0 Å². The number of halogens is 4. The van der Waals surface area contributed by atoms with Crippen molar-refractivity contribution in [1.82, 2.24) is 5.32 Å². The zero-order valence-corrected chi connectivity index (χ0v) is 8.59. The minimum absolute atomic E-state index is 0.0506. The molecule has 0 bridgehead atoms. The minimum atomic E-state index is -5.11. The Morgan fingerprint density at radius 3 is 2.00 bits per heavy atom. The molecule has 0 saturated carbocycles. The van der Waals surface area contributed by atoms with E-state index >= 15 is 0 Å². The molecule has 1 aliphatic rings. The molecule has 0 aliphatic carbocycles.